The Labute approximate surface area is 172 Å². The van der Waals surface area contributed by atoms with E-state index in [2.05, 4.69) is 10.6 Å². The number of aliphatic hydroxyl groups excluding tert-OH is 3. The van der Waals surface area contributed by atoms with Crippen LogP contribution in [-0.2, 0) is 19.1 Å². The summed E-state index contributed by atoms with van der Waals surface area (Å²) in [5.41, 5.74) is 5.81. The van der Waals surface area contributed by atoms with Crippen molar-refractivity contribution >= 4 is 11.7 Å². The first-order valence-corrected chi connectivity index (χ1v) is 10.3. The predicted octanol–water partition coefficient (Wildman–Crippen LogP) is -1.60. The Balaban J connectivity index is 2.12. The number of ether oxygens (including phenoxy) is 2. The molecule has 1 aliphatic heterocycles. The van der Waals surface area contributed by atoms with Crippen molar-refractivity contribution in [2.75, 3.05) is 26.8 Å². The van der Waals surface area contributed by atoms with E-state index in [4.69, 9.17) is 15.2 Å². The lowest BCUT2D eigenvalue weighted by atomic mass is 9.98. The van der Waals surface area contributed by atoms with Crippen molar-refractivity contribution < 1.29 is 34.4 Å². The summed E-state index contributed by atoms with van der Waals surface area (Å²) in [4.78, 5) is 23.1. The molecule has 6 unspecified atom stereocenters. The molecule has 29 heavy (non-hydrogen) atoms. The fourth-order valence-electron chi connectivity index (χ4n) is 3.12. The number of ketones is 1. The second kappa shape index (κ2) is 14.0. The van der Waals surface area contributed by atoms with Crippen LogP contribution in [0.5, 0.6) is 0 Å². The summed E-state index contributed by atoms with van der Waals surface area (Å²) in [6.45, 7) is 2.02. The number of rotatable bonds is 14. The van der Waals surface area contributed by atoms with Crippen LogP contribution in [0.1, 0.15) is 45.4 Å². The Bertz CT molecular complexity index is 492. The maximum Gasteiger partial charge on any atom is 0.237 e. The average molecular weight is 420 g/mol. The van der Waals surface area contributed by atoms with E-state index in [0.29, 0.717) is 26.0 Å². The summed E-state index contributed by atoms with van der Waals surface area (Å²) >= 11 is 0. The van der Waals surface area contributed by atoms with Gasteiger partial charge in [-0.05, 0) is 33.2 Å². The lowest BCUT2D eigenvalue weighted by Crippen LogP contribution is -2.62. The number of hydrogen-bond acceptors (Lipinski definition) is 9. The molecule has 6 atom stereocenters. The first kappa shape index (κ1) is 25.9. The van der Waals surface area contributed by atoms with Gasteiger partial charge in [0.15, 0.2) is 6.29 Å². The first-order chi connectivity index (χ1) is 13.8. The largest absolute Gasteiger partial charge is 0.394 e. The third-order valence-electron chi connectivity index (χ3n) is 5.03. The van der Waals surface area contributed by atoms with E-state index in [1.54, 1.807) is 7.05 Å². The zero-order chi connectivity index (χ0) is 21.8. The average Bonchev–Trinajstić information content (AvgIpc) is 2.69. The SMILES string of the molecule is CNC(CCC(C)=O)C(=O)NCCCCCCOC1OC(CO)C(O)C(O)C1N. The van der Waals surface area contributed by atoms with E-state index in [1.165, 1.54) is 6.92 Å². The van der Waals surface area contributed by atoms with Crippen molar-refractivity contribution in [2.45, 2.75) is 82.1 Å². The molecule has 0 radical (unpaired) electrons. The molecule has 1 saturated heterocycles. The van der Waals surface area contributed by atoms with E-state index in [1.807, 2.05) is 0 Å². The molecule has 1 aliphatic rings. The number of amides is 1. The third-order valence-corrected chi connectivity index (χ3v) is 5.03. The van der Waals surface area contributed by atoms with Crippen LogP contribution in [0, 0.1) is 0 Å². The summed E-state index contributed by atoms with van der Waals surface area (Å²) in [6.07, 6.45) is -0.0286. The number of hydrogen-bond donors (Lipinski definition) is 6. The van der Waals surface area contributed by atoms with Gasteiger partial charge >= 0.3 is 0 Å². The van der Waals surface area contributed by atoms with Crippen molar-refractivity contribution in [1.29, 1.82) is 0 Å². The smallest absolute Gasteiger partial charge is 0.237 e. The van der Waals surface area contributed by atoms with Crippen LogP contribution in [0.2, 0.25) is 0 Å². The number of nitrogens with one attached hydrogen (secondary N) is 2. The second-order valence-electron chi connectivity index (χ2n) is 7.44. The zero-order valence-electron chi connectivity index (χ0n) is 17.4. The molecule has 170 valence electrons. The molecule has 1 fully saturated rings. The van der Waals surface area contributed by atoms with Gasteiger partial charge in [0.2, 0.25) is 5.91 Å². The maximum absolute atomic E-state index is 12.0. The summed E-state index contributed by atoms with van der Waals surface area (Å²) in [6, 6.07) is -1.24. The molecule has 0 aromatic carbocycles. The van der Waals surface area contributed by atoms with Gasteiger partial charge in [-0.1, -0.05) is 12.8 Å². The Morgan fingerprint density at radius 1 is 1.17 bits per heavy atom. The Morgan fingerprint density at radius 3 is 2.48 bits per heavy atom. The van der Waals surface area contributed by atoms with Gasteiger partial charge in [0.1, 0.15) is 24.1 Å². The minimum Gasteiger partial charge on any atom is -0.394 e. The van der Waals surface area contributed by atoms with Crippen LogP contribution in [0.15, 0.2) is 0 Å². The number of carbonyl (C=O) groups excluding carboxylic acids is 2. The molecule has 0 bridgehead atoms. The molecule has 0 aromatic heterocycles. The summed E-state index contributed by atoms with van der Waals surface area (Å²) in [7, 11) is 1.70. The zero-order valence-corrected chi connectivity index (χ0v) is 17.4. The standard InChI is InChI=1S/C19H37N3O7/c1-12(24)7-8-13(21-2)18(27)22-9-5-3-4-6-10-28-19-15(20)17(26)16(25)14(11-23)29-19/h13-17,19,21,23,25-26H,3-11,20H2,1-2H3,(H,22,27). The van der Waals surface area contributed by atoms with Gasteiger partial charge in [0, 0.05) is 19.6 Å². The van der Waals surface area contributed by atoms with Crippen LogP contribution in [0.3, 0.4) is 0 Å². The van der Waals surface area contributed by atoms with Gasteiger partial charge in [0.25, 0.3) is 0 Å². The minimum atomic E-state index is -1.24. The van der Waals surface area contributed by atoms with E-state index >= 15 is 0 Å². The van der Waals surface area contributed by atoms with Gasteiger partial charge in [-0.2, -0.15) is 0 Å². The number of aliphatic hydroxyl groups is 3. The van der Waals surface area contributed by atoms with Gasteiger partial charge in [-0.3, -0.25) is 4.79 Å². The highest BCUT2D eigenvalue weighted by Crippen LogP contribution is 2.20. The molecular formula is C19H37N3O7. The van der Waals surface area contributed by atoms with Crippen LogP contribution in [0.25, 0.3) is 0 Å². The number of unbranched alkanes of at least 4 members (excludes halogenated alkanes) is 3. The van der Waals surface area contributed by atoms with Gasteiger partial charge < -0.3 is 46.0 Å². The van der Waals surface area contributed by atoms with Gasteiger partial charge in [0.05, 0.1) is 18.7 Å². The molecule has 10 nitrogen and oxygen atoms in total. The van der Waals surface area contributed by atoms with Crippen molar-refractivity contribution in [3.05, 3.63) is 0 Å². The molecule has 1 amide bonds. The fraction of sp³-hybridized carbons (Fsp3) is 0.895. The van der Waals surface area contributed by atoms with E-state index in [9.17, 15) is 24.9 Å². The van der Waals surface area contributed by atoms with E-state index < -0.39 is 37.3 Å². The summed E-state index contributed by atoms with van der Waals surface area (Å²) in [5.74, 6) is -0.0304. The van der Waals surface area contributed by atoms with Crippen molar-refractivity contribution in [1.82, 2.24) is 10.6 Å². The normalized spacial score (nSPS) is 28.1. The van der Waals surface area contributed by atoms with Crippen molar-refractivity contribution in [3.63, 3.8) is 0 Å². The van der Waals surface area contributed by atoms with Crippen molar-refractivity contribution in [3.8, 4) is 0 Å². The topological polar surface area (TPSA) is 163 Å². The van der Waals surface area contributed by atoms with Crippen LogP contribution < -0.4 is 16.4 Å². The molecule has 10 heteroatoms. The van der Waals surface area contributed by atoms with Gasteiger partial charge in [-0.25, -0.2) is 0 Å². The molecular weight excluding hydrogens is 382 g/mol. The monoisotopic (exact) mass is 419 g/mol. The Kier molecular flexibility index (Phi) is 12.5. The van der Waals surface area contributed by atoms with Crippen LogP contribution >= 0.6 is 0 Å². The maximum atomic E-state index is 12.0. The van der Waals surface area contributed by atoms with Crippen LogP contribution in [-0.4, -0.2) is 90.5 Å². The van der Waals surface area contributed by atoms with Crippen molar-refractivity contribution in [2.24, 2.45) is 5.73 Å². The quantitative estimate of drug-likeness (QED) is 0.182. The fourth-order valence-corrected chi connectivity index (χ4v) is 3.12. The molecule has 1 heterocycles. The molecule has 1 rings (SSSR count). The molecule has 0 saturated carbocycles. The highest BCUT2D eigenvalue weighted by Gasteiger charge is 2.42. The number of Topliss-reactive ketones (excluding diaryl/α,β-unsaturated/α-hetero) is 1. The summed E-state index contributed by atoms with van der Waals surface area (Å²) in [5, 5.41) is 34.6. The number of likely N-dealkylation sites (N-methyl/N-ethyl adjacent to an activating group) is 1. The summed E-state index contributed by atoms with van der Waals surface area (Å²) < 4.78 is 10.9. The van der Waals surface area contributed by atoms with Crippen LogP contribution in [0.4, 0.5) is 0 Å². The predicted molar refractivity (Wildman–Crippen MR) is 106 cm³/mol. The minimum absolute atomic E-state index is 0.0671. The molecule has 0 aliphatic carbocycles. The Morgan fingerprint density at radius 2 is 1.86 bits per heavy atom. The van der Waals surface area contributed by atoms with Gasteiger partial charge in [-0.15, -0.1) is 0 Å². The number of carbonyl (C=O) groups is 2. The molecule has 7 N–H and O–H groups in total. The van der Waals surface area contributed by atoms with E-state index in [-0.39, 0.29) is 17.7 Å². The molecule has 0 spiro atoms. The lowest BCUT2D eigenvalue weighted by molar-refractivity contribution is -0.265. The Hall–Kier alpha value is -1.14. The number of nitrogens with two attached hydrogens (primary N) is 1. The second-order valence-corrected chi connectivity index (χ2v) is 7.44. The molecule has 0 aromatic rings. The highest BCUT2D eigenvalue weighted by molar-refractivity contribution is 5.83. The van der Waals surface area contributed by atoms with E-state index in [0.717, 1.165) is 25.7 Å². The highest BCUT2D eigenvalue weighted by atomic mass is 16.7. The first-order valence-electron chi connectivity index (χ1n) is 10.3. The lowest BCUT2D eigenvalue weighted by Gasteiger charge is -2.40. The third kappa shape index (κ3) is 9.04.